The number of hydrogen-bond acceptors (Lipinski definition) is 4. The number of aromatic carboxylic acids is 1. The molecule has 0 saturated heterocycles. The predicted octanol–water partition coefficient (Wildman–Crippen LogP) is 1.67. The zero-order valence-electron chi connectivity index (χ0n) is 10.8. The fraction of sp³-hybridized carbons (Fsp3) is 0.308. The summed E-state index contributed by atoms with van der Waals surface area (Å²) in [6, 6.07) is 5.88. The monoisotopic (exact) mass is 261 g/mol. The Labute approximate surface area is 110 Å². The summed E-state index contributed by atoms with van der Waals surface area (Å²) >= 11 is 0. The largest absolute Gasteiger partial charge is 0.492 e. The van der Waals surface area contributed by atoms with Gasteiger partial charge in [0.25, 0.3) is 0 Å². The molecule has 1 heterocycles. The molecule has 0 aliphatic heterocycles. The van der Waals surface area contributed by atoms with Crippen LogP contribution in [0.15, 0.2) is 24.4 Å². The molecule has 0 fully saturated rings. The number of carbonyl (C=O) groups is 1. The van der Waals surface area contributed by atoms with Crippen LogP contribution in [0.5, 0.6) is 5.75 Å². The second-order valence-corrected chi connectivity index (χ2v) is 4.27. The number of carboxylic acid groups (broad SMARTS) is 1. The van der Waals surface area contributed by atoms with E-state index in [4.69, 9.17) is 9.84 Å². The van der Waals surface area contributed by atoms with Crippen molar-refractivity contribution in [3.8, 4) is 5.75 Å². The molecular formula is C13H15N3O3. The molecule has 0 aliphatic carbocycles. The van der Waals surface area contributed by atoms with Crippen molar-refractivity contribution in [1.82, 2.24) is 15.0 Å². The van der Waals surface area contributed by atoms with Gasteiger partial charge in [-0.2, -0.15) is 0 Å². The Hall–Kier alpha value is -2.37. The minimum Gasteiger partial charge on any atom is -0.492 e. The number of rotatable bonds is 5. The van der Waals surface area contributed by atoms with Crippen LogP contribution in [0.1, 0.15) is 21.6 Å². The highest BCUT2D eigenvalue weighted by molar-refractivity contribution is 5.84. The lowest BCUT2D eigenvalue weighted by atomic mass is 10.1. The molecule has 2 aromatic rings. The second kappa shape index (κ2) is 5.51. The van der Waals surface area contributed by atoms with E-state index in [2.05, 4.69) is 10.3 Å². The Morgan fingerprint density at radius 3 is 2.79 bits per heavy atom. The fourth-order valence-corrected chi connectivity index (χ4v) is 1.57. The summed E-state index contributed by atoms with van der Waals surface area (Å²) in [5, 5.41) is 15.9. The van der Waals surface area contributed by atoms with Crippen molar-refractivity contribution in [2.75, 3.05) is 6.61 Å². The molecule has 2 rings (SSSR count). The van der Waals surface area contributed by atoms with Gasteiger partial charge < -0.3 is 9.84 Å². The Morgan fingerprint density at radius 2 is 2.16 bits per heavy atom. The van der Waals surface area contributed by atoms with Crippen LogP contribution in [0.25, 0.3) is 0 Å². The lowest BCUT2D eigenvalue weighted by molar-refractivity contribution is 0.0690. The fourth-order valence-electron chi connectivity index (χ4n) is 1.57. The normalized spacial score (nSPS) is 10.4. The van der Waals surface area contributed by atoms with Gasteiger partial charge in [0.05, 0.1) is 12.7 Å². The third-order valence-corrected chi connectivity index (χ3v) is 2.83. The van der Waals surface area contributed by atoms with Crippen molar-refractivity contribution < 1.29 is 14.6 Å². The van der Waals surface area contributed by atoms with E-state index in [9.17, 15) is 4.79 Å². The average Bonchev–Trinajstić information content (AvgIpc) is 2.83. The zero-order chi connectivity index (χ0) is 13.8. The molecule has 0 unspecified atom stereocenters. The van der Waals surface area contributed by atoms with Gasteiger partial charge in [0.2, 0.25) is 0 Å². The van der Waals surface area contributed by atoms with E-state index in [0.717, 1.165) is 5.75 Å². The highest BCUT2D eigenvalue weighted by atomic mass is 16.5. The number of hydrogen-bond donors (Lipinski definition) is 1. The Morgan fingerprint density at radius 1 is 1.37 bits per heavy atom. The molecule has 0 amide bonds. The minimum absolute atomic E-state index is 0.0637. The lowest BCUT2D eigenvalue weighted by Crippen LogP contribution is -2.09. The maximum Gasteiger partial charge on any atom is 0.358 e. The van der Waals surface area contributed by atoms with Crippen LogP contribution in [-0.2, 0) is 6.54 Å². The minimum atomic E-state index is -1.08. The molecule has 0 bridgehead atoms. The van der Waals surface area contributed by atoms with Crippen LogP contribution >= 0.6 is 0 Å². The van der Waals surface area contributed by atoms with Gasteiger partial charge in [-0.1, -0.05) is 11.3 Å². The molecule has 0 aliphatic rings. The summed E-state index contributed by atoms with van der Waals surface area (Å²) in [6.45, 7) is 4.93. The third kappa shape index (κ3) is 3.31. The SMILES string of the molecule is Cc1ccc(OCCn2cc(C(=O)O)nn2)cc1C. The standard InChI is InChI=1S/C13H15N3O3/c1-9-3-4-11(7-10(9)2)19-6-5-16-8-12(13(17)18)14-15-16/h3-4,7-8H,5-6H2,1-2H3,(H,17,18). The highest BCUT2D eigenvalue weighted by Gasteiger charge is 2.07. The summed E-state index contributed by atoms with van der Waals surface area (Å²) in [4.78, 5) is 10.6. The van der Waals surface area contributed by atoms with E-state index >= 15 is 0 Å². The molecule has 1 aromatic heterocycles. The summed E-state index contributed by atoms with van der Waals surface area (Å²) < 4.78 is 7.03. The van der Waals surface area contributed by atoms with Gasteiger partial charge in [-0.05, 0) is 37.1 Å². The molecule has 0 radical (unpaired) electrons. The maximum absolute atomic E-state index is 10.6. The topological polar surface area (TPSA) is 77.2 Å². The highest BCUT2D eigenvalue weighted by Crippen LogP contribution is 2.16. The van der Waals surface area contributed by atoms with Crippen molar-refractivity contribution in [2.24, 2.45) is 0 Å². The van der Waals surface area contributed by atoms with Crippen LogP contribution in [-0.4, -0.2) is 32.7 Å². The molecule has 0 atom stereocenters. The first-order chi connectivity index (χ1) is 9.06. The van der Waals surface area contributed by atoms with Crippen LogP contribution in [0.3, 0.4) is 0 Å². The Kier molecular flexibility index (Phi) is 3.79. The molecular weight excluding hydrogens is 246 g/mol. The van der Waals surface area contributed by atoms with E-state index in [1.165, 1.54) is 22.0 Å². The van der Waals surface area contributed by atoms with Gasteiger partial charge in [0.1, 0.15) is 12.4 Å². The summed E-state index contributed by atoms with van der Waals surface area (Å²) in [7, 11) is 0. The number of benzene rings is 1. The van der Waals surface area contributed by atoms with Crippen molar-refractivity contribution >= 4 is 5.97 Å². The van der Waals surface area contributed by atoms with Gasteiger partial charge in [0.15, 0.2) is 5.69 Å². The lowest BCUT2D eigenvalue weighted by Gasteiger charge is -2.07. The van der Waals surface area contributed by atoms with E-state index in [1.807, 2.05) is 32.0 Å². The molecule has 19 heavy (non-hydrogen) atoms. The molecule has 1 aromatic carbocycles. The molecule has 6 nitrogen and oxygen atoms in total. The second-order valence-electron chi connectivity index (χ2n) is 4.27. The van der Waals surface area contributed by atoms with Crippen molar-refractivity contribution in [3.63, 3.8) is 0 Å². The molecule has 0 saturated carbocycles. The molecule has 100 valence electrons. The third-order valence-electron chi connectivity index (χ3n) is 2.83. The Balaban J connectivity index is 1.88. The number of aryl methyl sites for hydroxylation is 2. The number of aromatic nitrogens is 3. The first-order valence-corrected chi connectivity index (χ1v) is 5.90. The van der Waals surface area contributed by atoms with E-state index in [1.54, 1.807) is 0 Å². The molecule has 1 N–H and O–H groups in total. The van der Waals surface area contributed by atoms with E-state index in [0.29, 0.717) is 13.2 Å². The van der Waals surface area contributed by atoms with Crippen molar-refractivity contribution in [3.05, 3.63) is 41.2 Å². The first-order valence-electron chi connectivity index (χ1n) is 5.90. The summed E-state index contributed by atoms with van der Waals surface area (Å²) in [6.07, 6.45) is 1.38. The summed E-state index contributed by atoms with van der Waals surface area (Å²) in [5.74, 6) is -0.289. The number of nitrogens with zero attached hydrogens (tertiary/aromatic N) is 3. The predicted molar refractivity (Wildman–Crippen MR) is 68.4 cm³/mol. The average molecular weight is 261 g/mol. The van der Waals surface area contributed by atoms with Gasteiger partial charge >= 0.3 is 5.97 Å². The number of carboxylic acids is 1. The van der Waals surface area contributed by atoms with Gasteiger partial charge in [0, 0.05) is 0 Å². The van der Waals surface area contributed by atoms with Gasteiger partial charge in [-0.15, -0.1) is 5.10 Å². The summed E-state index contributed by atoms with van der Waals surface area (Å²) in [5.41, 5.74) is 2.33. The molecule has 6 heteroatoms. The quantitative estimate of drug-likeness (QED) is 0.885. The smallest absolute Gasteiger partial charge is 0.358 e. The van der Waals surface area contributed by atoms with Gasteiger partial charge in [-0.25, -0.2) is 9.48 Å². The van der Waals surface area contributed by atoms with Crippen LogP contribution in [0.4, 0.5) is 0 Å². The Bertz CT molecular complexity index is 593. The number of ether oxygens (including phenoxy) is 1. The van der Waals surface area contributed by atoms with Crippen LogP contribution in [0.2, 0.25) is 0 Å². The van der Waals surface area contributed by atoms with Gasteiger partial charge in [-0.3, -0.25) is 0 Å². The zero-order valence-corrected chi connectivity index (χ0v) is 10.8. The van der Waals surface area contributed by atoms with Crippen LogP contribution in [0, 0.1) is 13.8 Å². The van der Waals surface area contributed by atoms with Crippen molar-refractivity contribution in [2.45, 2.75) is 20.4 Å². The van der Waals surface area contributed by atoms with Crippen LogP contribution < -0.4 is 4.74 Å². The maximum atomic E-state index is 10.6. The van der Waals surface area contributed by atoms with Crippen molar-refractivity contribution in [1.29, 1.82) is 0 Å². The van der Waals surface area contributed by atoms with E-state index in [-0.39, 0.29) is 5.69 Å². The first kappa shape index (κ1) is 13.1. The van der Waals surface area contributed by atoms with E-state index < -0.39 is 5.97 Å². The molecule has 0 spiro atoms.